The van der Waals surface area contributed by atoms with E-state index in [0.29, 0.717) is 0 Å². The van der Waals surface area contributed by atoms with Crippen LogP contribution in [-0.4, -0.2) is 11.5 Å². The van der Waals surface area contributed by atoms with Gasteiger partial charge in [-0.25, -0.2) is 9.37 Å². The zero-order valence-electron chi connectivity index (χ0n) is 10.8. The molecule has 1 heterocycles. The van der Waals surface area contributed by atoms with Crippen LogP contribution in [0, 0.1) is 5.82 Å². The number of aryl methyl sites for hydroxylation is 2. The summed E-state index contributed by atoms with van der Waals surface area (Å²) in [6.45, 7) is 0.801. The van der Waals surface area contributed by atoms with E-state index in [0.717, 1.165) is 25.1 Å². The predicted molar refractivity (Wildman–Crippen MR) is 77.3 cm³/mol. The molecule has 2 aromatic rings. The lowest BCUT2D eigenvalue weighted by atomic mass is 10.0. The van der Waals surface area contributed by atoms with E-state index in [1.54, 1.807) is 6.07 Å². The molecule has 1 N–H and O–H groups in total. The minimum Gasteiger partial charge on any atom is -0.385 e. The molecule has 19 heavy (non-hydrogen) atoms. The fraction of sp³-hybridized carbons (Fsp3) is 0.400. The Kier molecular flexibility index (Phi) is 3.78. The summed E-state index contributed by atoms with van der Waals surface area (Å²) in [4.78, 5) is 6.18. The molecule has 100 valence electrons. The molecular weight excluding hydrogens is 259 g/mol. The number of hydrogen-bond donors (Lipinski definition) is 1. The van der Waals surface area contributed by atoms with Crippen molar-refractivity contribution in [3.63, 3.8) is 0 Å². The lowest BCUT2D eigenvalue weighted by molar-refractivity contribution is 0.628. The monoisotopic (exact) mass is 276 g/mol. The molecule has 0 radical (unpaired) electrons. The van der Waals surface area contributed by atoms with Gasteiger partial charge in [-0.1, -0.05) is 6.07 Å². The van der Waals surface area contributed by atoms with Crippen molar-refractivity contribution in [2.45, 2.75) is 32.1 Å². The fourth-order valence-electron chi connectivity index (χ4n) is 2.42. The Balaban J connectivity index is 1.56. The maximum Gasteiger partial charge on any atom is 0.125 e. The Labute approximate surface area is 116 Å². The van der Waals surface area contributed by atoms with Crippen LogP contribution in [0.25, 0.3) is 0 Å². The van der Waals surface area contributed by atoms with Crippen molar-refractivity contribution in [3.8, 4) is 0 Å². The van der Waals surface area contributed by atoms with Crippen LogP contribution in [0.4, 0.5) is 10.1 Å². The molecule has 0 atom stereocenters. The number of rotatable bonds is 4. The van der Waals surface area contributed by atoms with Crippen LogP contribution in [0.1, 0.15) is 28.4 Å². The molecule has 2 nitrogen and oxygen atoms in total. The lowest BCUT2D eigenvalue weighted by Crippen LogP contribution is -2.05. The van der Waals surface area contributed by atoms with Crippen LogP contribution in [0.3, 0.4) is 0 Å². The maximum atomic E-state index is 13.0. The van der Waals surface area contributed by atoms with Crippen molar-refractivity contribution >= 4 is 17.0 Å². The SMILES string of the molecule is Fc1cccc(NCCc2nc3c(s2)CCCC3)c1. The van der Waals surface area contributed by atoms with Crippen LogP contribution in [0.2, 0.25) is 0 Å². The summed E-state index contributed by atoms with van der Waals surface area (Å²) in [5.74, 6) is -0.199. The number of nitrogens with one attached hydrogen (secondary N) is 1. The molecule has 1 aliphatic rings. The molecule has 1 aromatic heterocycles. The zero-order chi connectivity index (χ0) is 13.1. The number of aromatic nitrogens is 1. The average Bonchev–Trinajstić information content (AvgIpc) is 2.81. The Morgan fingerprint density at radius 2 is 2.16 bits per heavy atom. The largest absolute Gasteiger partial charge is 0.385 e. The number of thiazole rings is 1. The summed E-state index contributed by atoms with van der Waals surface area (Å²) < 4.78 is 13.0. The third-order valence-electron chi connectivity index (χ3n) is 3.38. The first-order valence-electron chi connectivity index (χ1n) is 6.78. The van der Waals surface area contributed by atoms with E-state index >= 15 is 0 Å². The number of nitrogens with zero attached hydrogens (tertiary/aromatic N) is 1. The highest BCUT2D eigenvalue weighted by atomic mass is 32.1. The summed E-state index contributed by atoms with van der Waals surface area (Å²) in [5, 5.41) is 4.45. The molecule has 0 saturated heterocycles. The normalized spacial score (nSPS) is 14.2. The van der Waals surface area contributed by atoms with E-state index in [2.05, 4.69) is 5.32 Å². The quantitative estimate of drug-likeness (QED) is 0.918. The third kappa shape index (κ3) is 3.13. The predicted octanol–water partition coefficient (Wildman–Crippen LogP) is 3.82. The van der Waals surface area contributed by atoms with Gasteiger partial charge in [-0.05, 0) is 43.9 Å². The first kappa shape index (κ1) is 12.6. The van der Waals surface area contributed by atoms with Crippen LogP contribution in [-0.2, 0) is 19.3 Å². The highest BCUT2D eigenvalue weighted by Crippen LogP contribution is 2.26. The number of halogens is 1. The van der Waals surface area contributed by atoms with Crippen molar-refractivity contribution < 1.29 is 4.39 Å². The van der Waals surface area contributed by atoms with E-state index in [-0.39, 0.29) is 5.82 Å². The number of fused-ring (bicyclic) bond motifs is 1. The molecule has 0 spiro atoms. The highest BCUT2D eigenvalue weighted by molar-refractivity contribution is 7.11. The van der Waals surface area contributed by atoms with Gasteiger partial charge in [0, 0.05) is 23.5 Å². The van der Waals surface area contributed by atoms with Crippen molar-refractivity contribution in [3.05, 3.63) is 45.7 Å². The van der Waals surface area contributed by atoms with Crippen molar-refractivity contribution in [1.82, 2.24) is 4.98 Å². The summed E-state index contributed by atoms with van der Waals surface area (Å²) >= 11 is 1.85. The molecule has 3 rings (SSSR count). The molecule has 0 amide bonds. The second-order valence-electron chi connectivity index (χ2n) is 4.87. The molecule has 0 unspecified atom stereocenters. The van der Waals surface area contributed by atoms with Gasteiger partial charge in [0.05, 0.1) is 10.7 Å². The standard InChI is InChI=1S/C15H17FN2S/c16-11-4-3-5-12(10-11)17-9-8-15-18-13-6-1-2-7-14(13)19-15/h3-5,10,17H,1-2,6-9H2. The Bertz CT molecular complexity index is 542. The molecule has 0 aliphatic heterocycles. The number of anilines is 1. The second kappa shape index (κ2) is 5.70. The smallest absolute Gasteiger partial charge is 0.125 e. The maximum absolute atomic E-state index is 13.0. The first-order chi connectivity index (χ1) is 9.31. The van der Waals surface area contributed by atoms with E-state index in [1.165, 1.54) is 47.0 Å². The molecule has 1 aromatic carbocycles. The minimum atomic E-state index is -0.199. The van der Waals surface area contributed by atoms with Crippen molar-refractivity contribution in [2.24, 2.45) is 0 Å². The molecular formula is C15H17FN2S. The molecule has 1 aliphatic carbocycles. The van der Waals surface area contributed by atoms with E-state index in [9.17, 15) is 4.39 Å². The van der Waals surface area contributed by atoms with Crippen LogP contribution >= 0.6 is 11.3 Å². The summed E-state index contributed by atoms with van der Waals surface area (Å²) in [7, 11) is 0. The van der Waals surface area contributed by atoms with Gasteiger partial charge in [0.25, 0.3) is 0 Å². The van der Waals surface area contributed by atoms with E-state index < -0.39 is 0 Å². The van der Waals surface area contributed by atoms with Gasteiger partial charge in [-0.2, -0.15) is 0 Å². The van der Waals surface area contributed by atoms with Gasteiger partial charge >= 0.3 is 0 Å². The van der Waals surface area contributed by atoms with Crippen LogP contribution in [0.15, 0.2) is 24.3 Å². The minimum absolute atomic E-state index is 0.199. The average molecular weight is 276 g/mol. The molecule has 0 fully saturated rings. The van der Waals surface area contributed by atoms with Gasteiger partial charge in [0.1, 0.15) is 5.82 Å². The zero-order valence-corrected chi connectivity index (χ0v) is 11.6. The number of benzene rings is 1. The first-order valence-corrected chi connectivity index (χ1v) is 7.60. The fourth-order valence-corrected chi connectivity index (χ4v) is 3.58. The molecule has 0 saturated carbocycles. The molecule has 4 heteroatoms. The summed E-state index contributed by atoms with van der Waals surface area (Å²) in [6.07, 6.45) is 5.83. The van der Waals surface area contributed by atoms with E-state index in [1.807, 2.05) is 17.4 Å². The summed E-state index contributed by atoms with van der Waals surface area (Å²) in [6, 6.07) is 6.59. The van der Waals surface area contributed by atoms with Gasteiger partial charge in [-0.15, -0.1) is 11.3 Å². The van der Waals surface area contributed by atoms with Gasteiger partial charge in [-0.3, -0.25) is 0 Å². The Morgan fingerprint density at radius 3 is 3.00 bits per heavy atom. The van der Waals surface area contributed by atoms with E-state index in [4.69, 9.17) is 4.98 Å². The van der Waals surface area contributed by atoms with Gasteiger partial charge in [0.2, 0.25) is 0 Å². The Hall–Kier alpha value is -1.42. The highest BCUT2D eigenvalue weighted by Gasteiger charge is 2.14. The van der Waals surface area contributed by atoms with Gasteiger partial charge < -0.3 is 5.32 Å². The van der Waals surface area contributed by atoms with Crippen molar-refractivity contribution in [1.29, 1.82) is 0 Å². The summed E-state index contributed by atoms with van der Waals surface area (Å²) in [5.41, 5.74) is 2.15. The second-order valence-corrected chi connectivity index (χ2v) is 6.04. The van der Waals surface area contributed by atoms with Crippen molar-refractivity contribution in [2.75, 3.05) is 11.9 Å². The van der Waals surface area contributed by atoms with Crippen LogP contribution < -0.4 is 5.32 Å². The number of hydrogen-bond acceptors (Lipinski definition) is 3. The molecule has 0 bridgehead atoms. The lowest BCUT2D eigenvalue weighted by Gasteiger charge is -2.06. The topological polar surface area (TPSA) is 24.9 Å². The van der Waals surface area contributed by atoms with Gasteiger partial charge in [0.15, 0.2) is 0 Å². The Morgan fingerprint density at radius 1 is 1.26 bits per heavy atom. The van der Waals surface area contributed by atoms with Crippen LogP contribution in [0.5, 0.6) is 0 Å². The third-order valence-corrected chi connectivity index (χ3v) is 4.60.